The molecule has 0 saturated carbocycles. The molecule has 0 aromatic carbocycles. The molecule has 0 radical (unpaired) electrons. The Morgan fingerprint density at radius 2 is 2.19 bits per heavy atom. The molecule has 0 bridgehead atoms. The molecule has 2 rings (SSSR count). The van der Waals surface area contributed by atoms with Crippen molar-refractivity contribution < 1.29 is 4.74 Å². The predicted molar refractivity (Wildman–Crippen MR) is 86.5 cm³/mol. The molecular formula is C17H31N3O. The lowest BCUT2D eigenvalue weighted by molar-refractivity contribution is 0.101. The topological polar surface area (TPSA) is 53.1 Å². The summed E-state index contributed by atoms with van der Waals surface area (Å²) in [5.74, 6) is 0. The zero-order valence-electron chi connectivity index (χ0n) is 13.9. The molecule has 1 saturated heterocycles. The van der Waals surface area contributed by atoms with Crippen LogP contribution in [0.4, 0.5) is 0 Å². The van der Waals surface area contributed by atoms with Gasteiger partial charge >= 0.3 is 0 Å². The van der Waals surface area contributed by atoms with Gasteiger partial charge in [0.2, 0.25) is 0 Å². The Kier molecular flexibility index (Phi) is 6.24. The maximum Gasteiger partial charge on any atom is 0.0657 e. The van der Waals surface area contributed by atoms with Gasteiger partial charge in [0.05, 0.1) is 11.8 Å². The lowest BCUT2D eigenvalue weighted by Crippen LogP contribution is -2.19. The van der Waals surface area contributed by atoms with E-state index >= 15 is 0 Å². The minimum absolute atomic E-state index is 0.199. The molecule has 1 fully saturated rings. The Morgan fingerprint density at radius 1 is 1.38 bits per heavy atom. The van der Waals surface area contributed by atoms with Crippen LogP contribution in [0.2, 0.25) is 0 Å². The van der Waals surface area contributed by atoms with E-state index in [0.717, 1.165) is 45.3 Å². The van der Waals surface area contributed by atoms with Crippen LogP contribution in [0, 0.1) is 0 Å². The quantitative estimate of drug-likeness (QED) is 0.802. The highest BCUT2D eigenvalue weighted by Gasteiger charge is 2.18. The van der Waals surface area contributed by atoms with Crippen LogP contribution < -0.4 is 5.73 Å². The monoisotopic (exact) mass is 293 g/mol. The number of hydrogen-bond donors (Lipinski definition) is 1. The molecule has 4 nitrogen and oxygen atoms in total. The maximum atomic E-state index is 6.01. The highest BCUT2D eigenvalue weighted by Crippen LogP contribution is 2.21. The largest absolute Gasteiger partial charge is 0.378 e. The molecule has 21 heavy (non-hydrogen) atoms. The van der Waals surface area contributed by atoms with Gasteiger partial charge in [0, 0.05) is 24.9 Å². The van der Waals surface area contributed by atoms with Crippen molar-refractivity contribution in [3.63, 3.8) is 0 Å². The molecule has 1 aliphatic heterocycles. The first kappa shape index (κ1) is 16.5. The van der Waals surface area contributed by atoms with Crippen LogP contribution in [0.15, 0.2) is 0 Å². The lowest BCUT2D eigenvalue weighted by atomic mass is 10.0. The second-order valence-corrected chi connectivity index (χ2v) is 6.26. The summed E-state index contributed by atoms with van der Waals surface area (Å²) in [6, 6.07) is 0.199. The average molecular weight is 293 g/mol. The van der Waals surface area contributed by atoms with E-state index in [1.54, 1.807) is 0 Å². The zero-order chi connectivity index (χ0) is 15.2. The van der Waals surface area contributed by atoms with Crippen LogP contribution in [0.5, 0.6) is 0 Å². The Morgan fingerprint density at radius 3 is 2.76 bits per heavy atom. The van der Waals surface area contributed by atoms with Crippen LogP contribution in [-0.4, -0.2) is 28.5 Å². The molecule has 1 aliphatic rings. The molecule has 120 valence electrons. The third-order valence-electron chi connectivity index (χ3n) is 4.37. The summed E-state index contributed by atoms with van der Waals surface area (Å²) in [7, 11) is 0. The number of aromatic nitrogens is 2. The number of ether oxygens (including phenoxy) is 1. The van der Waals surface area contributed by atoms with Crippen molar-refractivity contribution in [1.29, 1.82) is 0 Å². The fourth-order valence-corrected chi connectivity index (χ4v) is 3.35. The fourth-order valence-electron chi connectivity index (χ4n) is 3.35. The molecule has 1 aromatic heterocycles. The first-order chi connectivity index (χ1) is 10.2. The van der Waals surface area contributed by atoms with Gasteiger partial charge in [-0.1, -0.05) is 13.8 Å². The van der Waals surface area contributed by atoms with Gasteiger partial charge in [-0.3, -0.25) is 4.68 Å². The van der Waals surface area contributed by atoms with E-state index in [1.807, 2.05) is 0 Å². The second-order valence-electron chi connectivity index (χ2n) is 6.26. The van der Waals surface area contributed by atoms with Gasteiger partial charge in [0.15, 0.2) is 0 Å². The van der Waals surface area contributed by atoms with E-state index in [2.05, 4.69) is 25.5 Å². The fraction of sp³-hybridized carbons (Fsp3) is 0.824. The standard InChI is InChI=1S/C17H31N3O/c1-4-16-15(12-13(3)18)17(5-2)20(19-16)10-6-8-14-9-7-11-21-14/h13-14H,4-12,18H2,1-3H3. The zero-order valence-corrected chi connectivity index (χ0v) is 13.9. The predicted octanol–water partition coefficient (Wildman–Crippen LogP) is 2.86. The van der Waals surface area contributed by atoms with E-state index < -0.39 is 0 Å². The number of hydrogen-bond acceptors (Lipinski definition) is 3. The summed E-state index contributed by atoms with van der Waals surface area (Å²) in [6.07, 6.45) is 8.23. The molecule has 4 heteroatoms. The Labute approximate surface area is 129 Å². The minimum atomic E-state index is 0.199. The maximum absolute atomic E-state index is 6.01. The molecule has 2 heterocycles. The van der Waals surface area contributed by atoms with Crippen molar-refractivity contribution in [3.05, 3.63) is 17.0 Å². The molecular weight excluding hydrogens is 262 g/mol. The molecule has 2 N–H and O–H groups in total. The summed E-state index contributed by atoms with van der Waals surface area (Å²) < 4.78 is 7.93. The van der Waals surface area contributed by atoms with Gasteiger partial charge in [0.1, 0.15) is 0 Å². The number of aryl methyl sites for hydroxylation is 2. The molecule has 1 aromatic rings. The van der Waals surface area contributed by atoms with Gasteiger partial charge < -0.3 is 10.5 Å². The summed E-state index contributed by atoms with van der Waals surface area (Å²) in [5.41, 5.74) is 10.0. The van der Waals surface area contributed by atoms with Crippen molar-refractivity contribution in [2.45, 2.75) is 84.4 Å². The van der Waals surface area contributed by atoms with E-state index in [-0.39, 0.29) is 6.04 Å². The van der Waals surface area contributed by atoms with Crippen LogP contribution in [0.1, 0.15) is 63.4 Å². The van der Waals surface area contributed by atoms with Crippen molar-refractivity contribution >= 4 is 0 Å². The third kappa shape index (κ3) is 4.30. The summed E-state index contributed by atoms with van der Waals surface area (Å²) in [5, 5.41) is 4.84. The van der Waals surface area contributed by atoms with Crippen LogP contribution in [0.25, 0.3) is 0 Å². The van der Waals surface area contributed by atoms with Gasteiger partial charge in [-0.05, 0) is 57.4 Å². The van der Waals surface area contributed by atoms with Crippen molar-refractivity contribution in [1.82, 2.24) is 9.78 Å². The minimum Gasteiger partial charge on any atom is -0.378 e. The molecule has 0 spiro atoms. The van der Waals surface area contributed by atoms with Crippen molar-refractivity contribution in [3.8, 4) is 0 Å². The first-order valence-electron chi connectivity index (χ1n) is 8.60. The summed E-state index contributed by atoms with van der Waals surface area (Å²) in [4.78, 5) is 0. The molecule has 0 aliphatic carbocycles. The van der Waals surface area contributed by atoms with Crippen molar-refractivity contribution in [2.24, 2.45) is 5.73 Å². The second kappa shape index (κ2) is 7.95. The Bertz CT molecular complexity index is 433. The molecule has 2 unspecified atom stereocenters. The van der Waals surface area contributed by atoms with Gasteiger partial charge in [-0.25, -0.2) is 0 Å². The normalized spacial score (nSPS) is 20.1. The number of nitrogens with two attached hydrogens (primary N) is 1. The average Bonchev–Trinajstić information content (AvgIpc) is 3.06. The van der Waals surface area contributed by atoms with E-state index in [9.17, 15) is 0 Å². The van der Waals surface area contributed by atoms with E-state index in [4.69, 9.17) is 15.6 Å². The van der Waals surface area contributed by atoms with Gasteiger partial charge in [0.25, 0.3) is 0 Å². The van der Waals surface area contributed by atoms with Crippen LogP contribution in [0.3, 0.4) is 0 Å². The Balaban J connectivity index is 2.01. The summed E-state index contributed by atoms with van der Waals surface area (Å²) >= 11 is 0. The number of nitrogens with zero attached hydrogens (tertiary/aromatic N) is 2. The SMILES string of the molecule is CCc1nn(CCCC2CCCO2)c(CC)c1CC(C)N. The Hall–Kier alpha value is -0.870. The number of rotatable bonds is 8. The third-order valence-corrected chi connectivity index (χ3v) is 4.37. The van der Waals surface area contributed by atoms with E-state index in [0.29, 0.717) is 6.10 Å². The first-order valence-corrected chi connectivity index (χ1v) is 8.60. The van der Waals surface area contributed by atoms with Crippen LogP contribution >= 0.6 is 0 Å². The molecule has 0 amide bonds. The van der Waals surface area contributed by atoms with Gasteiger partial charge in [-0.15, -0.1) is 0 Å². The smallest absolute Gasteiger partial charge is 0.0657 e. The van der Waals surface area contributed by atoms with Crippen molar-refractivity contribution in [2.75, 3.05) is 6.61 Å². The highest BCUT2D eigenvalue weighted by molar-refractivity contribution is 5.27. The lowest BCUT2D eigenvalue weighted by Gasteiger charge is -2.11. The van der Waals surface area contributed by atoms with E-state index in [1.165, 1.54) is 29.8 Å². The van der Waals surface area contributed by atoms with Crippen LogP contribution in [-0.2, 0) is 30.5 Å². The highest BCUT2D eigenvalue weighted by atomic mass is 16.5. The summed E-state index contributed by atoms with van der Waals surface area (Å²) in [6.45, 7) is 8.44. The molecule has 2 atom stereocenters. The van der Waals surface area contributed by atoms with Gasteiger partial charge in [-0.2, -0.15) is 5.10 Å².